The summed E-state index contributed by atoms with van der Waals surface area (Å²) in [6.45, 7) is 4.33. The molecule has 6 heteroatoms. The van der Waals surface area contributed by atoms with Crippen molar-refractivity contribution in [3.05, 3.63) is 36.6 Å². The molecule has 1 aromatic heterocycles. The van der Waals surface area contributed by atoms with Gasteiger partial charge in [0.15, 0.2) is 0 Å². The molecule has 2 N–H and O–H groups in total. The third-order valence-electron chi connectivity index (χ3n) is 3.97. The number of unbranched alkanes of at least 4 members (excludes halogenated alkanes) is 7. The maximum absolute atomic E-state index is 8.36. The van der Waals surface area contributed by atoms with Crippen LogP contribution in [0.1, 0.15) is 64.1 Å². The van der Waals surface area contributed by atoms with Gasteiger partial charge in [0.25, 0.3) is 6.47 Å². The van der Waals surface area contributed by atoms with Crippen molar-refractivity contribution in [2.45, 2.75) is 64.9 Å². The molecule has 2 heterocycles. The van der Waals surface area contributed by atoms with Crippen LogP contribution in [-0.2, 0) is 11.4 Å². The van der Waals surface area contributed by atoms with E-state index in [1.54, 1.807) is 12.1 Å². The molecule has 0 aromatic carbocycles. The van der Waals surface area contributed by atoms with E-state index in [2.05, 4.69) is 36.2 Å². The van der Waals surface area contributed by atoms with Crippen LogP contribution in [0.5, 0.6) is 0 Å². The summed E-state index contributed by atoms with van der Waals surface area (Å²) >= 11 is 0. The van der Waals surface area contributed by atoms with Crippen LogP contribution in [0.15, 0.2) is 35.2 Å². The zero-order chi connectivity index (χ0) is 19.5. The lowest BCUT2D eigenvalue weighted by Crippen LogP contribution is -2.23. The van der Waals surface area contributed by atoms with Crippen LogP contribution in [-0.4, -0.2) is 46.7 Å². The predicted molar refractivity (Wildman–Crippen MR) is 104 cm³/mol. The highest BCUT2D eigenvalue weighted by Crippen LogP contribution is 2.10. The monoisotopic (exact) mass is 368 g/mol. The Balaban J connectivity index is 0.000000514. The molecule has 1 aliphatic rings. The van der Waals surface area contributed by atoms with E-state index < -0.39 is 0 Å². The summed E-state index contributed by atoms with van der Waals surface area (Å²) in [6.07, 6.45) is 17.2. The van der Waals surface area contributed by atoms with Gasteiger partial charge in [-0.05, 0) is 18.6 Å². The number of hydrogen-bond acceptors (Lipinski definition) is 5. The minimum Gasteiger partial charge on any atom is -0.483 e. The molecule has 0 bridgehead atoms. The molecule has 0 saturated heterocycles. The Morgan fingerprint density at radius 2 is 1.73 bits per heavy atom. The number of nitrogens with zero attached hydrogens (tertiary/aromatic N) is 2. The number of aliphatic hydroxyl groups is 1. The second-order valence-corrected chi connectivity index (χ2v) is 6.33. The summed E-state index contributed by atoms with van der Waals surface area (Å²) in [5, 5.41) is 15.2. The minimum atomic E-state index is -0.250. The third kappa shape index (κ3) is 14.4. The zero-order valence-electron chi connectivity index (χ0n) is 16.3. The molecule has 0 radical (unpaired) electrons. The molecule has 0 amide bonds. The van der Waals surface area contributed by atoms with Gasteiger partial charge < -0.3 is 24.4 Å². The molecule has 2 rings (SSSR count). The van der Waals surface area contributed by atoms with E-state index in [4.69, 9.17) is 19.4 Å². The Morgan fingerprint density at radius 3 is 2.15 bits per heavy atom. The maximum Gasteiger partial charge on any atom is 0.290 e. The summed E-state index contributed by atoms with van der Waals surface area (Å²) in [4.78, 5) is 13.0. The molecule has 0 spiro atoms. The lowest BCUT2D eigenvalue weighted by molar-refractivity contribution is -0.122. The summed E-state index contributed by atoms with van der Waals surface area (Å²) in [5.74, 6) is 0.611. The fourth-order valence-electron chi connectivity index (χ4n) is 2.59. The third-order valence-corrected chi connectivity index (χ3v) is 3.97. The SMILES string of the molecule is CCCCCCCCCCN1C=CN(C)C1.O=CO.OCc1ccco1. The molecule has 26 heavy (non-hydrogen) atoms. The van der Waals surface area contributed by atoms with Crippen LogP contribution in [0.4, 0.5) is 0 Å². The van der Waals surface area contributed by atoms with E-state index in [1.807, 2.05) is 0 Å². The lowest BCUT2D eigenvalue weighted by atomic mass is 10.1. The molecular formula is C20H36N2O4. The largest absolute Gasteiger partial charge is 0.483 e. The highest BCUT2D eigenvalue weighted by molar-refractivity contribution is 5.32. The van der Waals surface area contributed by atoms with E-state index in [0.717, 1.165) is 6.67 Å². The van der Waals surface area contributed by atoms with Gasteiger partial charge >= 0.3 is 0 Å². The molecule has 0 fully saturated rings. The summed E-state index contributed by atoms with van der Waals surface area (Å²) < 4.78 is 4.73. The Morgan fingerprint density at radius 1 is 1.12 bits per heavy atom. The Bertz CT molecular complexity index is 435. The maximum atomic E-state index is 8.36. The van der Waals surface area contributed by atoms with E-state index in [0.29, 0.717) is 5.76 Å². The summed E-state index contributed by atoms with van der Waals surface area (Å²) in [6, 6.07) is 3.46. The number of furan rings is 1. The van der Waals surface area contributed by atoms with Gasteiger partial charge in [-0.2, -0.15) is 0 Å². The highest BCUT2D eigenvalue weighted by atomic mass is 16.4. The topological polar surface area (TPSA) is 77.2 Å². The van der Waals surface area contributed by atoms with Crippen molar-refractivity contribution in [1.29, 1.82) is 0 Å². The van der Waals surface area contributed by atoms with Crippen molar-refractivity contribution in [1.82, 2.24) is 9.80 Å². The lowest BCUT2D eigenvalue weighted by Gasteiger charge is -2.17. The van der Waals surface area contributed by atoms with Crippen molar-refractivity contribution in [3.63, 3.8) is 0 Å². The van der Waals surface area contributed by atoms with Crippen LogP contribution in [0.2, 0.25) is 0 Å². The van der Waals surface area contributed by atoms with Crippen molar-refractivity contribution in [2.24, 2.45) is 0 Å². The first-order valence-corrected chi connectivity index (χ1v) is 9.51. The van der Waals surface area contributed by atoms with Crippen molar-refractivity contribution >= 4 is 6.47 Å². The average Bonchev–Trinajstić information content (AvgIpc) is 3.30. The van der Waals surface area contributed by atoms with Gasteiger partial charge in [0.2, 0.25) is 0 Å². The second kappa shape index (κ2) is 17.9. The summed E-state index contributed by atoms with van der Waals surface area (Å²) in [7, 11) is 2.13. The van der Waals surface area contributed by atoms with Crippen LogP contribution in [0.25, 0.3) is 0 Å². The van der Waals surface area contributed by atoms with E-state index in [1.165, 1.54) is 64.2 Å². The predicted octanol–water partition coefficient (Wildman–Crippen LogP) is 4.28. The quantitative estimate of drug-likeness (QED) is 0.474. The number of carbonyl (C=O) groups is 1. The van der Waals surface area contributed by atoms with Gasteiger partial charge in [-0.1, -0.05) is 51.9 Å². The van der Waals surface area contributed by atoms with Gasteiger partial charge in [0.05, 0.1) is 12.9 Å². The Kier molecular flexibility index (Phi) is 16.5. The number of rotatable bonds is 10. The molecule has 0 atom stereocenters. The van der Waals surface area contributed by atoms with Gasteiger partial charge in [-0.25, -0.2) is 0 Å². The minimum absolute atomic E-state index is 0.00694. The first-order chi connectivity index (χ1) is 12.7. The molecule has 0 aliphatic carbocycles. The smallest absolute Gasteiger partial charge is 0.290 e. The number of carboxylic acid groups (broad SMARTS) is 1. The van der Waals surface area contributed by atoms with Crippen molar-refractivity contribution in [2.75, 3.05) is 20.3 Å². The standard InChI is InChI=1S/C14H28N2.C5H6O2.CH2O2/c1-3-4-5-6-7-8-9-10-11-16-13-12-15(2)14-16;6-4-5-2-1-3-7-5;2-1-3/h12-13H,3-11,14H2,1-2H3;1-3,6H,4H2;1H,(H,2,3). The van der Waals surface area contributed by atoms with Crippen molar-refractivity contribution < 1.29 is 19.4 Å². The first-order valence-electron chi connectivity index (χ1n) is 9.51. The fourth-order valence-corrected chi connectivity index (χ4v) is 2.59. The van der Waals surface area contributed by atoms with Crippen LogP contribution < -0.4 is 0 Å². The van der Waals surface area contributed by atoms with Crippen LogP contribution >= 0.6 is 0 Å². The molecule has 1 aliphatic heterocycles. The summed E-state index contributed by atoms with van der Waals surface area (Å²) in [5.41, 5.74) is 0. The second-order valence-electron chi connectivity index (χ2n) is 6.33. The highest BCUT2D eigenvalue weighted by Gasteiger charge is 2.06. The van der Waals surface area contributed by atoms with E-state index in [-0.39, 0.29) is 13.1 Å². The first kappa shape index (κ1) is 24.1. The molecule has 0 saturated carbocycles. The average molecular weight is 369 g/mol. The van der Waals surface area contributed by atoms with Crippen LogP contribution in [0.3, 0.4) is 0 Å². The van der Waals surface area contributed by atoms with Gasteiger partial charge in [0, 0.05) is 26.0 Å². The zero-order valence-corrected chi connectivity index (χ0v) is 16.3. The van der Waals surface area contributed by atoms with Gasteiger partial charge in [-0.15, -0.1) is 0 Å². The normalized spacial score (nSPS) is 12.3. The number of aliphatic hydroxyl groups excluding tert-OH is 1. The van der Waals surface area contributed by atoms with E-state index in [9.17, 15) is 0 Å². The molecule has 1 aromatic rings. The Labute approximate surface area is 158 Å². The Hall–Kier alpha value is -1.95. The number of hydrogen-bond donors (Lipinski definition) is 2. The molecule has 0 unspecified atom stereocenters. The van der Waals surface area contributed by atoms with Gasteiger partial charge in [-0.3, -0.25) is 4.79 Å². The van der Waals surface area contributed by atoms with Crippen molar-refractivity contribution in [3.8, 4) is 0 Å². The molecule has 150 valence electrons. The van der Waals surface area contributed by atoms with Gasteiger partial charge in [0.1, 0.15) is 12.4 Å². The fraction of sp³-hybridized carbons (Fsp3) is 0.650. The molecular weight excluding hydrogens is 332 g/mol. The van der Waals surface area contributed by atoms with Crippen LogP contribution in [0, 0.1) is 0 Å². The molecule has 6 nitrogen and oxygen atoms in total. The van der Waals surface area contributed by atoms with E-state index >= 15 is 0 Å².